The zero-order chi connectivity index (χ0) is 11.8. The molecule has 1 atom stereocenters. The summed E-state index contributed by atoms with van der Waals surface area (Å²) in [5.74, 6) is -0.460. The highest BCUT2D eigenvalue weighted by Crippen LogP contribution is 2.35. The zero-order valence-corrected chi connectivity index (χ0v) is 9.21. The summed E-state index contributed by atoms with van der Waals surface area (Å²) < 4.78 is 1.71. The SMILES string of the molecule is O=C(O)c1cnn(CC2Cc3ccccc32)c1. The number of rotatable bonds is 3. The predicted octanol–water partition coefficient (Wildman–Crippen LogP) is 1.92. The lowest BCUT2D eigenvalue weighted by Gasteiger charge is -2.29. The van der Waals surface area contributed by atoms with Crippen LogP contribution in [0.5, 0.6) is 0 Å². The van der Waals surface area contributed by atoms with Crippen molar-refractivity contribution in [3.05, 3.63) is 53.3 Å². The highest BCUT2D eigenvalue weighted by atomic mass is 16.4. The molecule has 0 saturated heterocycles. The molecule has 86 valence electrons. The summed E-state index contributed by atoms with van der Waals surface area (Å²) in [6, 6.07) is 8.35. The van der Waals surface area contributed by atoms with Crippen molar-refractivity contribution in [3.8, 4) is 0 Å². The van der Waals surface area contributed by atoms with Crippen molar-refractivity contribution in [1.29, 1.82) is 0 Å². The second-order valence-corrected chi connectivity index (χ2v) is 4.36. The lowest BCUT2D eigenvalue weighted by molar-refractivity contribution is 0.0696. The van der Waals surface area contributed by atoms with Crippen LogP contribution in [-0.4, -0.2) is 20.9 Å². The molecular weight excluding hydrogens is 216 g/mol. The predicted molar refractivity (Wildman–Crippen MR) is 62.1 cm³/mol. The number of fused-ring (bicyclic) bond motifs is 1. The Hall–Kier alpha value is -2.10. The van der Waals surface area contributed by atoms with Crippen LogP contribution in [0.2, 0.25) is 0 Å². The number of aromatic carboxylic acids is 1. The van der Waals surface area contributed by atoms with E-state index in [0.717, 1.165) is 13.0 Å². The van der Waals surface area contributed by atoms with Gasteiger partial charge < -0.3 is 5.11 Å². The van der Waals surface area contributed by atoms with Crippen molar-refractivity contribution in [3.63, 3.8) is 0 Å². The third-order valence-electron chi connectivity index (χ3n) is 3.25. The van der Waals surface area contributed by atoms with Gasteiger partial charge in [-0.3, -0.25) is 4.68 Å². The van der Waals surface area contributed by atoms with E-state index in [-0.39, 0.29) is 5.56 Å². The van der Waals surface area contributed by atoms with Gasteiger partial charge in [-0.1, -0.05) is 24.3 Å². The lowest BCUT2D eigenvalue weighted by atomic mass is 9.78. The Labute approximate surface area is 98.5 Å². The molecule has 1 heterocycles. The number of aromatic nitrogens is 2. The summed E-state index contributed by atoms with van der Waals surface area (Å²) in [7, 11) is 0. The summed E-state index contributed by atoms with van der Waals surface area (Å²) in [6.07, 6.45) is 4.04. The Morgan fingerprint density at radius 2 is 2.29 bits per heavy atom. The average Bonchev–Trinajstić information content (AvgIpc) is 2.75. The maximum absolute atomic E-state index is 10.7. The van der Waals surface area contributed by atoms with Crippen LogP contribution >= 0.6 is 0 Å². The Morgan fingerprint density at radius 1 is 1.47 bits per heavy atom. The summed E-state index contributed by atoms with van der Waals surface area (Å²) in [5, 5.41) is 12.9. The number of benzene rings is 1. The molecule has 17 heavy (non-hydrogen) atoms. The molecule has 1 unspecified atom stereocenters. The molecule has 4 nitrogen and oxygen atoms in total. The minimum atomic E-state index is -0.926. The number of hydrogen-bond acceptors (Lipinski definition) is 2. The van der Waals surface area contributed by atoms with Crippen LogP contribution in [0.4, 0.5) is 0 Å². The summed E-state index contributed by atoms with van der Waals surface area (Å²) >= 11 is 0. The topological polar surface area (TPSA) is 55.1 Å². The highest BCUT2D eigenvalue weighted by Gasteiger charge is 2.25. The first kappa shape index (κ1) is 10.1. The average molecular weight is 228 g/mol. The van der Waals surface area contributed by atoms with Gasteiger partial charge in [0.05, 0.1) is 11.8 Å². The van der Waals surface area contributed by atoms with Crippen LogP contribution in [-0.2, 0) is 13.0 Å². The van der Waals surface area contributed by atoms with Crippen molar-refractivity contribution in [2.24, 2.45) is 0 Å². The molecule has 1 aromatic heterocycles. The number of hydrogen-bond donors (Lipinski definition) is 1. The molecule has 0 bridgehead atoms. The van der Waals surface area contributed by atoms with E-state index in [0.29, 0.717) is 5.92 Å². The molecule has 0 radical (unpaired) electrons. The van der Waals surface area contributed by atoms with Crippen LogP contribution in [0.25, 0.3) is 0 Å². The number of carboxylic acids is 1. The van der Waals surface area contributed by atoms with E-state index in [1.54, 1.807) is 10.9 Å². The first-order valence-electron chi connectivity index (χ1n) is 5.57. The van der Waals surface area contributed by atoms with Gasteiger partial charge in [-0.2, -0.15) is 5.10 Å². The van der Waals surface area contributed by atoms with Gasteiger partial charge in [-0.25, -0.2) is 4.79 Å². The molecule has 2 aromatic rings. The minimum absolute atomic E-state index is 0.248. The second kappa shape index (κ2) is 3.73. The van der Waals surface area contributed by atoms with Gasteiger partial charge in [-0.15, -0.1) is 0 Å². The fourth-order valence-electron chi connectivity index (χ4n) is 2.33. The maximum atomic E-state index is 10.7. The zero-order valence-electron chi connectivity index (χ0n) is 9.21. The van der Waals surface area contributed by atoms with E-state index >= 15 is 0 Å². The molecule has 0 amide bonds. The van der Waals surface area contributed by atoms with Gasteiger partial charge in [0.15, 0.2) is 0 Å². The minimum Gasteiger partial charge on any atom is -0.478 e. The molecule has 4 heteroatoms. The van der Waals surface area contributed by atoms with Gasteiger partial charge in [0.2, 0.25) is 0 Å². The summed E-state index contributed by atoms with van der Waals surface area (Å²) in [5.41, 5.74) is 3.00. The number of carbonyl (C=O) groups is 1. The van der Waals surface area contributed by atoms with E-state index in [1.807, 2.05) is 12.1 Å². The molecule has 1 aliphatic rings. The Kier molecular flexibility index (Phi) is 2.21. The van der Waals surface area contributed by atoms with Gasteiger partial charge in [0.25, 0.3) is 0 Å². The first-order valence-corrected chi connectivity index (χ1v) is 5.57. The smallest absolute Gasteiger partial charge is 0.338 e. The van der Waals surface area contributed by atoms with Crippen molar-refractivity contribution in [1.82, 2.24) is 9.78 Å². The van der Waals surface area contributed by atoms with Crippen LogP contribution < -0.4 is 0 Å². The van der Waals surface area contributed by atoms with Gasteiger partial charge >= 0.3 is 5.97 Å². The van der Waals surface area contributed by atoms with Crippen molar-refractivity contribution < 1.29 is 9.90 Å². The van der Waals surface area contributed by atoms with Crippen LogP contribution in [0.1, 0.15) is 27.4 Å². The van der Waals surface area contributed by atoms with Crippen LogP contribution in [0.15, 0.2) is 36.7 Å². The quantitative estimate of drug-likeness (QED) is 0.873. The Bertz CT molecular complexity index is 574. The molecule has 1 aromatic carbocycles. The van der Waals surface area contributed by atoms with E-state index in [1.165, 1.54) is 17.3 Å². The van der Waals surface area contributed by atoms with E-state index in [4.69, 9.17) is 5.11 Å². The van der Waals surface area contributed by atoms with Crippen LogP contribution in [0, 0.1) is 0 Å². The number of nitrogens with zero attached hydrogens (tertiary/aromatic N) is 2. The largest absolute Gasteiger partial charge is 0.478 e. The molecule has 3 rings (SSSR count). The van der Waals surface area contributed by atoms with Crippen LogP contribution in [0.3, 0.4) is 0 Å². The molecule has 1 N–H and O–H groups in total. The Morgan fingerprint density at radius 3 is 3.00 bits per heavy atom. The molecule has 1 aliphatic carbocycles. The van der Waals surface area contributed by atoms with E-state index in [9.17, 15) is 4.79 Å². The van der Waals surface area contributed by atoms with Crippen molar-refractivity contribution in [2.45, 2.75) is 18.9 Å². The van der Waals surface area contributed by atoms with E-state index in [2.05, 4.69) is 17.2 Å². The summed E-state index contributed by atoms with van der Waals surface area (Å²) in [4.78, 5) is 10.7. The number of carboxylic acid groups (broad SMARTS) is 1. The first-order chi connectivity index (χ1) is 8.24. The fourth-order valence-corrected chi connectivity index (χ4v) is 2.33. The van der Waals surface area contributed by atoms with Gasteiger partial charge in [-0.05, 0) is 17.5 Å². The second-order valence-electron chi connectivity index (χ2n) is 4.36. The van der Waals surface area contributed by atoms with E-state index < -0.39 is 5.97 Å². The molecule has 0 spiro atoms. The Balaban J connectivity index is 1.75. The van der Waals surface area contributed by atoms with Crippen molar-refractivity contribution >= 4 is 5.97 Å². The highest BCUT2D eigenvalue weighted by molar-refractivity contribution is 5.86. The third kappa shape index (κ3) is 1.71. The fraction of sp³-hybridized carbons (Fsp3) is 0.231. The molecule has 0 saturated carbocycles. The van der Waals surface area contributed by atoms with Gasteiger partial charge in [0, 0.05) is 18.7 Å². The molecule has 0 fully saturated rings. The maximum Gasteiger partial charge on any atom is 0.338 e. The monoisotopic (exact) mass is 228 g/mol. The van der Waals surface area contributed by atoms with Crippen molar-refractivity contribution in [2.75, 3.05) is 0 Å². The van der Waals surface area contributed by atoms with Gasteiger partial charge in [0.1, 0.15) is 0 Å². The normalized spacial score (nSPS) is 17.3. The summed E-state index contributed by atoms with van der Waals surface area (Å²) in [6.45, 7) is 0.754. The standard InChI is InChI=1S/C13H12N2O2/c16-13(17)11-6-14-15(8-11)7-10-5-9-3-1-2-4-12(9)10/h1-4,6,8,10H,5,7H2,(H,16,17). The lowest BCUT2D eigenvalue weighted by Crippen LogP contribution is -2.22. The third-order valence-corrected chi connectivity index (χ3v) is 3.25. The molecular formula is C13H12N2O2. The molecule has 0 aliphatic heterocycles.